The van der Waals surface area contributed by atoms with Gasteiger partial charge in [-0.15, -0.1) is 0 Å². The fourth-order valence-electron chi connectivity index (χ4n) is 8.00. The van der Waals surface area contributed by atoms with Crippen LogP contribution < -0.4 is 16.1 Å². The summed E-state index contributed by atoms with van der Waals surface area (Å²) in [5.41, 5.74) is -0.0142. The first kappa shape index (κ1) is 72.0. The number of nitrogens with zero attached hydrogens (tertiary/aromatic N) is 3. The number of aliphatic carboxylic acids is 1. The zero-order chi connectivity index (χ0) is 60.3. The summed E-state index contributed by atoms with van der Waals surface area (Å²) in [6, 6.07) is -3.39. The van der Waals surface area contributed by atoms with Gasteiger partial charge in [0.05, 0.1) is 6.04 Å². The van der Waals surface area contributed by atoms with Gasteiger partial charge in [0.2, 0.25) is 0 Å². The summed E-state index contributed by atoms with van der Waals surface area (Å²) in [4.78, 5) is 99.0. The maximum Gasteiger partial charge on any atom is 0.430 e. The third kappa shape index (κ3) is 31.2. The van der Waals surface area contributed by atoms with Gasteiger partial charge in [0.25, 0.3) is 13.9 Å². The molecule has 23 nitrogen and oxygen atoms in total. The lowest BCUT2D eigenvalue weighted by molar-refractivity contribution is -0.143. The molecule has 5 amide bonds. The van der Waals surface area contributed by atoms with E-state index in [1.165, 1.54) is 5.01 Å². The molecule has 0 spiro atoms. The summed E-state index contributed by atoms with van der Waals surface area (Å²) >= 11 is 33.2. The Kier molecular flexibility index (Phi) is 29.2. The van der Waals surface area contributed by atoms with Gasteiger partial charge in [0, 0.05) is 39.5 Å². The average molecular weight is 1250 g/mol. The molecule has 4 aliphatic rings. The fourth-order valence-corrected chi connectivity index (χ4v) is 8.33. The van der Waals surface area contributed by atoms with Crippen LogP contribution in [0, 0.1) is 11.8 Å². The number of ether oxygens (including phenoxy) is 8. The Morgan fingerprint density at radius 1 is 0.557 bits per heavy atom. The molecule has 4 heterocycles. The highest BCUT2D eigenvalue weighted by Crippen LogP contribution is 2.31. The van der Waals surface area contributed by atoms with Crippen LogP contribution in [-0.2, 0) is 57.1 Å². The molecule has 4 N–H and O–H groups in total. The lowest BCUT2D eigenvalue weighted by Crippen LogP contribution is -2.62. The van der Waals surface area contributed by atoms with E-state index >= 15 is 0 Å². The molecule has 0 aromatic carbocycles. The topological polar surface area (TPSA) is 276 Å². The zero-order valence-electron chi connectivity index (χ0n) is 47.3. The van der Waals surface area contributed by atoms with E-state index in [2.05, 4.69) is 16.1 Å². The van der Waals surface area contributed by atoms with Crippen LogP contribution in [0.1, 0.15) is 147 Å². The highest BCUT2D eigenvalue weighted by atomic mass is 35.6. The number of carbonyl (C=O) groups is 8. The number of hydrazine groups is 2. The normalized spacial score (nSPS) is 19.9. The molecule has 4 aliphatic heterocycles. The number of hydrogen-bond donors (Lipinski definition) is 4. The summed E-state index contributed by atoms with van der Waals surface area (Å²) in [6.07, 6.45) is 3.04. The number of rotatable bonds is 14. The Balaban J connectivity index is 0.000000418. The minimum absolute atomic E-state index is 0.184. The first-order valence-corrected chi connectivity index (χ1v) is 28.3. The number of ketones is 2. The Morgan fingerprint density at radius 2 is 0.962 bits per heavy atom. The van der Waals surface area contributed by atoms with Crippen LogP contribution >= 0.6 is 69.6 Å². The molecule has 0 bridgehead atoms. The molecule has 4 rings (SSSR count). The molecule has 0 aromatic heterocycles. The second-order valence-corrected chi connectivity index (χ2v) is 27.5. The molecule has 0 aliphatic carbocycles. The van der Waals surface area contributed by atoms with Gasteiger partial charge in [-0.3, -0.25) is 19.4 Å². The van der Waals surface area contributed by atoms with E-state index in [1.807, 2.05) is 0 Å². The lowest BCUT2D eigenvalue weighted by Gasteiger charge is -2.43. The van der Waals surface area contributed by atoms with E-state index in [-0.39, 0.29) is 30.1 Å². The van der Waals surface area contributed by atoms with E-state index in [4.69, 9.17) is 113 Å². The van der Waals surface area contributed by atoms with E-state index in [0.717, 1.165) is 35.7 Å². The maximum atomic E-state index is 13.3. The standard InChI is InChI=1S/C20H32Cl3N3O6.C17H27Cl3N2O6.C13H23NO5/c1-19(2,3)32-18(29)24-15(11-13-6-9-30-10-7-13)17(28)26-8-4-5-14(25-26)16(27)12-31-20(21,22)23;1-15(2,3)27-13(24)21-9-7-8-11(12(23)10-26-17(18,19)20)22(21)14(25)28-16(4,5)6;1-13(2,3)19-12(17)14-10(11(15)16)8-9-4-6-18-7-5-9/h13-15,25H,4-12H2,1-3H3,(H,24,29);11H,7-10H2,1-6H3;9-10H,4-8H2,1-3H3,(H,14,17)(H,15,16)/t14-,15?;11-;/m00./s1. The van der Waals surface area contributed by atoms with Gasteiger partial charge in [-0.05, 0) is 159 Å². The third-order valence-electron chi connectivity index (χ3n) is 11.4. The highest BCUT2D eigenvalue weighted by molar-refractivity contribution is 6.66. The third-order valence-corrected chi connectivity index (χ3v) is 12.0. The molecule has 4 saturated heterocycles. The molecule has 0 radical (unpaired) electrons. The molecule has 4 atom stereocenters. The smallest absolute Gasteiger partial charge is 0.430 e. The summed E-state index contributed by atoms with van der Waals surface area (Å²) < 4.78 is 37.5. The number of alkyl carbamates (subject to hydrolysis) is 2. The van der Waals surface area contributed by atoms with E-state index < -0.39 is 104 Å². The van der Waals surface area contributed by atoms with Crippen LogP contribution in [0.15, 0.2) is 0 Å². The van der Waals surface area contributed by atoms with Crippen LogP contribution in [0.25, 0.3) is 0 Å². The van der Waals surface area contributed by atoms with Crippen molar-refractivity contribution in [3.05, 3.63) is 0 Å². The maximum absolute atomic E-state index is 13.3. The number of Topliss-reactive ketones (excluding diaryl/α,β-unsaturated/α-hetero) is 2. The average Bonchev–Trinajstić information content (AvgIpc) is 3.30. The number of hydrogen-bond acceptors (Lipinski definition) is 17. The van der Waals surface area contributed by atoms with Crippen molar-refractivity contribution in [3.8, 4) is 0 Å². The van der Waals surface area contributed by atoms with Crippen molar-refractivity contribution >= 4 is 117 Å². The summed E-state index contributed by atoms with van der Waals surface area (Å²) in [6.45, 7) is 22.8. The fraction of sp³-hybridized carbons (Fsp3) is 0.840. The largest absolute Gasteiger partial charge is 0.480 e. The van der Waals surface area contributed by atoms with Gasteiger partial charge >= 0.3 is 30.3 Å². The second-order valence-electron chi connectivity index (χ2n) is 23.1. The van der Waals surface area contributed by atoms with Gasteiger partial charge in [0.1, 0.15) is 53.7 Å². The van der Waals surface area contributed by atoms with Gasteiger partial charge in [-0.1, -0.05) is 69.6 Å². The van der Waals surface area contributed by atoms with Crippen molar-refractivity contribution in [3.63, 3.8) is 0 Å². The van der Waals surface area contributed by atoms with Crippen molar-refractivity contribution in [1.29, 1.82) is 0 Å². The number of carboxylic acids is 1. The monoisotopic (exact) mass is 1250 g/mol. The summed E-state index contributed by atoms with van der Waals surface area (Å²) in [5, 5.41) is 17.7. The van der Waals surface area contributed by atoms with E-state index in [9.17, 15) is 38.4 Å². The molecule has 79 heavy (non-hydrogen) atoms. The molecular weight excluding hydrogens is 1170 g/mol. The molecule has 4 fully saturated rings. The Hall–Kier alpha value is -3.10. The van der Waals surface area contributed by atoms with Crippen LogP contribution in [0.4, 0.5) is 19.2 Å². The van der Waals surface area contributed by atoms with E-state index in [1.54, 1.807) is 83.1 Å². The summed E-state index contributed by atoms with van der Waals surface area (Å²) in [7, 11) is 0. The Labute approximate surface area is 493 Å². The van der Waals surface area contributed by atoms with Crippen LogP contribution in [0.5, 0.6) is 0 Å². The zero-order valence-corrected chi connectivity index (χ0v) is 51.8. The predicted molar refractivity (Wildman–Crippen MR) is 295 cm³/mol. The molecule has 456 valence electrons. The minimum atomic E-state index is -2.08. The number of carbonyl (C=O) groups excluding carboxylic acids is 7. The van der Waals surface area contributed by atoms with E-state index in [0.29, 0.717) is 71.5 Å². The van der Waals surface area contributed by atoms with Crippen LogP contribution in [0.3, 0.4) is 0 Å². The molecule has 29 heteroatoms. The van der Waals surface area contributed by atoms with Crippen LogP contribution in [-0.4, -0.2) is 175 Å². The van der Waals surface area contributed by atoms with Gasteiger partial charge in [0.15, 0.2) is 11.6 Å². The number of nitrogens with one attached hydrogen (secondary N) is 3. The number of halogens is 6. The SMILES string of the molecule is CC(C)(C)OC(=O)N1CCC[C@@H](C(=O)COC(Cl)(Cl)Cl)N1C(=O)OC(C)(C)C.CC(C)(C)OC(=O)NC(CC1CCOCC1)C(=O)N1CCC[C@@H](C(=O)COC(Cl)(Cl)Cl)N1.CC(C)(C)OC(=O)NC(CC1CCOCC1)C(=O)O. The first-order chi connectivity index (χ1) is 36.1. The predicted octanol–water partition coefficient (Wildman–Crippen LogP) is 9.34. The summed E-state index contributed by atoms with van der Waals surface area (Å²) in [5.74, 6) is -1.74. The van der Waals surface area contributed by atoms with Crippen molar-refractivity contribution in [2.45, 2.75) is 202 Å². The number of alkyl halides is 6. The molecular formula is C50H82Cl6N6O17. The first-order valence-electron chi connectivity index (χ1n) is 26.1. The van der Waals surface area contributed by atoms with Gasteiger partial charge < -0.3 is 53.6 Å². The minimum Gasteiger partial charge on any atom is -0.480 e. The van der Waals surface area contributed by atoms with Gasteiger partial charge in [-0.2, -0.15) is 0 Å². The molecule has 2 unspecified atom stereocenters. The lowest BCUT2D eigenvalue weighted by atomic mass is 9.92. The Bertz CT molecular complexity index is 2010. The van der Waals surface area contributed by atoms with Crippen LogP contribution in [0.2, 0.25) is 0 Å². The van der Waals surface area contributed by atoms with Gasteiger partial charge in [-0.25, -0.2) is 39.4 Å². The highest BCUT2D eigenvalue weighted by Gasteiger charge is 2.44. The number of carboxylic acid groups (broad SMARTS) is 1. The van der Waals surface area contributed by atoms with Crippen molar-refractivity contribution < 1.29 is 81.4 Å². The quantitative estimate of drug-likeness (QED) is 0.0931. The second kappa shape index (κ2) is 32.1. The molecule has 0 saturated carbocycles. The van der Waals surface area contributed by atoms with Crippen molar-refractivity contribution in [2.24, 2.45) is 11.8 Å². The van der Waals surface area contributed by atoms with Crippen molar-refractivity contribution in [1.82, 2.24) is 31.1 Å². The number of amides is 5. The Morgan fingerprint density at radius 3 is 1.39 bits per heavy atom. The molecule has 0 aromatic rings. The van der Waals surface area contributed by atoms with Crippen molar-refractivity contribution in [2.75, 3.05) is 52.7 Å².